The van der Waals surface area contributed by atoms with Gasteiger partial charge in [0.15, 0.2) is 5.82 Å². The lowest BCUT2D eigenvalue weighted by Gasteiger charge is -2.34. The number of allylic oxidation sites excluding steroid dienone is 2. The fourth-order valence-electron chi connectivity index (χ4n) is 4.57. The number of aliphatic carboxylic acids is 1. The van der Waals surface area contributed by atoms with Crippen LogP contribution in [0.15, 0.2) is 40.8 Å². The SMILES string of the molecule is Cc1nnc2n1C1SC(CCC(=O)O)=CC1=C(c1ccccc1Cl)N(C(=O)N1CCNCC1)C2. The number of piperazine rings is 1. The molecule has 3 aliphatic heterocycles. The molecule has 3 aliphatic rings. The van der Waals surface area contributed by atoms with Gasteiger partial charge in [0.2, 0.25) is 0 Å². The summed E-state index contributed by atoms with van der Waals surface area (Å²) in [5.41, 5.74) is 2.41. The van der Waals surface area contributed by atoms with E-state index in [-0.39, 0.29) is 24.4 Å². The van der Waals surface area contributed by atoms with Gasteiger partial charge in [0, 0.05) is 48.8 Å². The summed E-state index contributed by atoms with van der Waals surface area (Å²) in [4.78, 5) is 29.7. The number of urea groups is 1. The minimum Gasteiger partial charge on any atom is -0.481 e. The van der Waals surface area contributed by atoms with Gasteiger partial charge in [-0.15, -0.1) is 22.0 Å². The van der Waals surface area contributed by atoms with Crippen molar-refractivity contribution in [2.24, 2.45) is 0 Å². The molecule has 0 bridgehead atoms. The molecule has 0 spiro atoms. The second-order valence-electron chi connectivity index (χ2n) is 8.40. The van der Waals surface area contributed by atoms with Crippen molar-refractivity contribution < 1.29 is 14.7 Å². The molecule has 1 aromatic carbocycles. The van der Waals surface area contributed by atoms with Crippen LogP contribution in [0.4, 0.5) is 4.79 Å². The Labute approximate surface area is 206 Å². The van der Waals surface area contributed by atoms with Crippen LogP contribution in [0.5, 0.6) is 0 Å². The van der Waals surface area contributed by atoms with Crippen molar-refractivity contribution in [3.8, 4) is 0 Å². The number of amides is 2. The van der Waals surface area contributed by atoms with Crippen LogP contribution < -0.4 is 5.32 Å². The molecule has 1 fully saturated rings. The molecule has 1 aromatic heterocycles. The molecule has 0 saturated carbocycles. The molecule has 2 N–H and O–H groups in total. The van der Waals surface area contributed by atoms with Crippen LogP contribution in [0.25, 0.3) is 5.70 Å². The number of aryl methyl sites for hydroxylation is 1. The van der Waals surface area contributed by atoms with Gasteiger partial charge in [-0.05, 0) is 30.4 Å². The third-order valence-corrected chi connectivity index (χ3v) is 7.83. The zero-order valence-electron chi connectivity index (χ0n) is 18.7. The highest BCUT2D eigenvalue weighted by Crippen LogP contribution is 2.51. The lowest BCUT2D eigenvalue weighted by Crippen LogP contribution is -2.51. The number of rotatable bonds is 4. The first-order valence-electron chi connectivity index (χ1n) is 11.2. The average molecular weight is 501 g/mol. The topological polar surface area (TPSA) is 104 Å². The van der Waals surface area contributed by atoms with Crippen LogP contribution >= 0.6 is 23.4 Å². The highest BCUT2D eigenvalue weighted by molar-refractivity contribution is 8.03. The normalized spacial score (nSPS) is 20.1. The molecule has 5 rings (SSSR count). The van der Waals surface area contributed by atoms with E-state index in [0.29, 0.717) is 30.4 Å². The number of carbonyl (C=O) groups is 2. The van der Waals surface area contributed by atoms with Crippen molar-refractivity contribution in [1.29, 1.82) is 0 Å². The van der Waals surface area contributed by atoms with Gasteiger partial charge in [-0.25, -0.2) is 4.79 Å². The predicted octanol–water partition coefficient (Wildman–Crippen LogP) is 3.49. The van der Waals surface area contributed by atoms with E-state index in [2.05, 4.69) is 15.5 Å². The van der Waals surface area contributed by atoms with Crippen molar-refractivity contribution in [3.05, 3.63) is 63.1 Å². The summed E-state index contributed by atoms with van der Waals surface area (Å²) >= 11 is 8.26. The number of aromatic nitrogens is 3. The highest BCUT2D eigenvalue weighted by Gasteiger charge is 2.39. The Morgan fingerprint density at radius 1 is 1.24 bits per heavy atom. The second-order valence-corrected chi connectivity index (χ2v) is 10.0. The van der Waals surface area contributed by atoms with E-state index in [0.717, 1.165) is 40.7 Å². The molecule has 9 nitrogen and oxygen atoms in total. The Hall–Kier alpha value is -2.82. The maximum atomic E-state index is 13.9. The maximum absolute atomic E-state index is 13.9. The summed E-state index contributed by atoms with van der Waals surface area (Å²) in [6.45, 7) is 4.87. The fourth-order valence-corrected chi connectivity index (χ4v) is 6.18. The quantitative estimate of drug-likeness (QED) is 0.662. The van der Waals surface area contributed by atoms with E-state index in [1.165, 1.54) is 0 Å². The molecule has 34 heavy (non-hydrogen) atoms. The van der Waals surface area contributed by atoms with Crippen LogP contribution in [0.2, 0.25) is 5.02 Å². The van der Waals surface area contributed by atoms with Gasteiger partial charge in [-0.1, -0.05) is 29.8 Å². The van der Waals surface area contributed by atoms with Crippen LogP contribution in [-0.2, 0) is 11.3 Å². The number of fused-ring (bicyclic) bond motifs is 3. The number of nitrogens with one attached hydrogen (secondary N) is 1. The monoisotopic (exact) mass is 500 g/mol. The Bertz CT molecular complexity index is 1200. The zero-order valence-corrected chi connectivity index (χ0v) is 20.3. The average Bonchev–Trinajstić information content (AvgIpc) is 3.38. The summed E-state index contributed by atoms with van der Waals surface area (Å²) in [5, 5.41) is 21.5. The van der Waals surface area contributed by atoms with Gasteiger partial charge in [0.05, 0.1) is 12.2 Å². The number of hydrogen-bond acceptors (Lipinski definition) is 6. The number of hydrogen-bond donors (Lipinski definition) is 2. The van der Waals surface area contributed by atoms with Crippen molar-refractivity contribution in [3.63, 3.8) is 0 Å². The summed E-state index contributed by atoms with van der Waals surface area (Å²) < 4.78 is 2.05. The molecule has 1 saturated heterocycles. The molecule has 178 valence electrons. The number of thioether (sulfide) groups is 1. The fraction of sp³-hybridized carbons (Fsp3) is 0.391. The number of carboxylic acids is 1. The number of benzene rings is 1. The molecular weight excluding hydrogens is 476 g/mol. The number of nitrogens with zero attached hydrogens (tertiary/aromatic N) is 5. The van der Waals surface area contributed by atoms with E-state index in [4.69, 9.17) is 11.6 Å². The van der Waals surface area contributed by atoms with Crippen LogP contribution in [0.1, 0.15) is 35.4 Å². The first-order valence-corrected chi connectivity index (χ1v) is 12.5. The molecule has 0 aliphatic carbocycles. The minimum atomic E-state index is -0.842. The Morgan fingerprint density at radius 3 is 2.74 bits per heavy atom. The third kappa shape index (κ3) is 4.21. The predicted molar refractivity (Wildman–Crippen MR) is 130 cm³/mol. The molecule has 0 radical (unpaired) electrons. The van der Waals surface area contributed by atoms with Gasteiger partial charge in [0.25, 0.3) is 0 Å². The number of carboxylic acid groups (broad SMARTS) is 1. The molecule has 2 aromatic rings. The van der Waals surface area contributed by atoms with Gasteiger partial charge < -0.3 is 15.3 Å². The van der Waals surface area contributed by atoms with E-state index >= 15 is 0 Å². The lowest BCUT2D eigenvalue weighted by atomic mass is 10.0. The number of halogens is 1. The smallest absolute Gasteiger partial charge is 0.325 e. The standard InChI is InChI=1S/C23H25ClN6O3S/c1-14-26-27-19-13-29(23(33)28-10-8-25-9-11-28)21(16-4-2-3-5-18(16)24)17-12-15(6-7-20(31)32)34-22(17)30(14)19/h2-5,12,22,25H,6-11,13H2,1H3,(H,31,32). The highest BCUT2D eigenvalue weighted by atomic mass is 35.5. The van der Waals surface area contributed by atoms with Gasteiger partial charge in [-0.2, -0.15) is 0 Å². The minimum absolute atomic E-state index is 0.0394. The van der Waals surface area contributed by atoms with Gasteiger partial charge >= 0.3 is 12.0 Å². The Kier molecular flexibility index (Phi) is 6.37. The largest absolute Gasteiger partial charge is 0.481 e. The lowest BCUT2D eigenvalue weighted by molar-refractivity contribution is -0.136. The van der Waals surface area contributed by atoms with Gasteiger partial charge in [-0.3, -0.25) is 14.3 Å². The summed E-state index contributed by atoms with van der Waals surface area (Å²) in [5.74, 6) is 0.587. The first-order chi connectivity index (χ1) is 16.4. The molecular formula is C23H25ClN6O3S. The van der Waals surface area contributed by atoms with Crippen LogP contribution in [-0.4, -0.2) is 67.9 Å². The molecule has 2 amide bonds. The van der Waals surface area contributed by atoms with Gasteiger partial charge in [0.1, 0.15) is 11.2 Å². The van der Waals surface area contributed by atoms with Crippen molar-refractivity contribution >= 4 is 41.1 Å². The van der Waals surface area contributed by atoms with E-state index in [1.54, 1.807) is 16.7 Å². The molecule has 1 unspecified atom stereocenters. The van der Waals surface area contributed by atoms with Crippen molar-refractivity contribution in [1.82, 2.24) is 29.9 Å². The zero-order chi connectivity index (χ0) is 23.8. The van der Waals surface area contributed by atoms with Crippen LogP contribution in [0.3, 0.4) is 0 Å². The summed E-state index contributed by atoms with van der Waals surface area (Å²) in [6.07, 6.45) is 2.47. The van der Waals surface area contributed by atoms with E-state index in [1.807, 2.05) is 46.7 Å². The molecule has 4 heterocycles. The first kappa shape index (κ1) is 22.9. The van der Waals surface area contributed by atoms with Crippen LogP contribution in [0, 0.1) is 6.92 Å². The number of carbonyl (C=O) groups excluding carboxylic acids is 1. The Balaban J connectivity index is 1.69. The third-order valence-electron chi connectivity index (χ3n) is 6.19. The maximum Gasteiger partial charge on any atom is 0.325 e. The molecule has 11 heteroatoms. The Morgan fingerprint density at radius 2 is 2.00 bits per heavy atom. The summed E-state index contributed by atoms with van der Waals surface area (Å²) in [6, 6.07) is 7.41. The second kappa shape index (κ2) is 9.44. The van der Waals surface area contributed by atoms with E-state index < -0.39 is 5.97 Å². The van der Waals surface area contributed by atoms with Crippen molar-refractivity contribution in [2.75, 3.05) is 26.2 Å². The van der Waals surface area contributed by atoms with E-state index in [9.17, 15) is 14.7 Å². The summed E-state index contributed by atoms with van der Waals surface area (Å²) in [7, 11) is 0. The molecule has 1 atom stereocenters. The van der Waals surface area contributed by atoms with Crippen molar-refractivity contribution in [2.45, 2.75) is 31.7 Å².